The van der Waals surface area contributed by atoms with E-state index in [1.165, 1.54) is 0 Å². The predicted octanol–water partition coefficient (Wildman–Crippen LogP) is 0.352. The lowest BCUT2D eigenvalue weighted by atomic mass is 10.1. The first-order chi connectivity index (χ1) is 13.4. The third-order valence-electron chi connectivity index (χ3n) is 4.89. The van der Waals surface area contributed by atoms with Crippen molar-refractivity contribution in [2.75, 3.05) is 43.5 Å². The Morgan fingerprint density at radius 1 is 1.29 bits per heavy atom. The number of hydrogen-bond donors (Lipinski definition) is 2. The van der Waals surface area contributed by atoms with Gasteiger partial charge in [-0.1, -0.05) is 0 Å². The number of aryl methyl sites for hydroxylation is 2. The van der Waals surface area contributed by atoms with Gasteiger partial charge in [-0.25, -0.2) is 0 Å². The van der Waals surface area contributed by atoms with E-state index in [1.807, 2.05) is 36.1 Å². The maximum absolute atomic E-state index is 12.5. The molecule has 150 valence electrons. The molecule has 3 rings (SSSR count). The molecule has 2 amide bonds. The molecule has 3 N–H and O–H groups in total. The molecule has 1 atom stereocenters. The van der Waals surface area contributed by atoms with E-state index in [1.54, 1.807) is 25.0 Å². The van der Waals surface area contributed by atoms with Crippen molar-refractivity contribution < 1.29 is 14.3 Å². The van der Waals surface area contributed by atoms with Crippen LogP contribution in [0.5, 0.6) is 5.75 Å². The fourth-order valence-electron chi connectivity index (χ4n) is 3.40. The quantitative estimate of drug-likeness (QED) is 0.742. The van der Waals surface area contributed by atoms with Gasteiger partial charge in [-0.3, -0.25) is 19.2 Å². The molecule has 28 heavy (non-hydrogen) atoms. The van der Waals surface area contributed by atoms with Crippen molar-refractivity contribution in [3.8, 4) is 5.75 Å². The number of anilines is 2. The van der Waals surface area contributed by atoms with Crippen LogP contribution in [0.2, 0.25) is 0 Å². The van der Waals surface area contributed by atoms with Gasteiger partial charge < -0.3 is 20.7 Å². The second kappa shape index (κ2) is 8.30. The van der Waals surface area contributed by atoms with E-state index in [0.29, 0.717) is 25.3 Å². The van der Waals surface area contributed by atoms with Crippen LogP contribution in [0.1, 0.15) is 5.69 Å². The molecule has 1 aromatic carbocycles. The van der Waals surface area contributed by atoms with Crippen LogP contribution in [0, 0.1) is 6.92 Å². The zero-order valence-electron chi connectivity index (χ0n) is 16.4. The summed E-state index contributed by atoms with van der Waals surface area (Å²) < 4.78 is 6.83. The molecular formula is C19H26N6O3. The molecule has 1 aliphatic rings. The van der Waals surface area contributed by atoms with Crippen LogP contribution < -0.4 is 20.7 Å². The molecule has 1 aliphatic heterocycles. The van der Waals surface area contributed by atoms with Crippen LogP contribution in [0.15, 0.2) is 30.5 Å². The fraction of sp³-hybridized carbons (Fsp3) is 0.421. The Bertz CT molecular complexity index is 848. The smallest absolute Gasteiger partial charge is 0.238 e. The van der Waals surface area contributed by atoms with Gasteiger partial charge in [0.05, 0.1) is 25.0 Å². The lowest BCUT2D eigenvalue weighted by molar-refractivity contribution is -0.125. The second-order valence-corrected chi connectivity index (χ2v) is 6.88. The van der Waals surface area contributed by atoms with Crippen molar-refractivity contribution in [3.63, 3.8) is 0 Å². The number of nitrogens with one attached hydrogen (secondary N) is 1. The molecule has 0 bridgehead atoms. The molecule has 9 heteroatoms. The largest absolute Gasteiger partial charge is 0.497 e. The van der Waals surface area contributed by atoms with Crippen molar-refractivity contribution >= 4 is 23.2 Å². The molecule has 1 unspecified atom stereocenters. The topological polar surface area (TPSA) is 106 Å². The molecule has 1 saturated heterocycles. The minimum absolute atomic E-state index is 0.0956. The molecule has 1 aromatic heterocycles. The highest BCUT2D eigenvalue weighted by Gasteiger charge is 2.32. The highest BCUT2D eigenvalue weighted by atomic mass is 16.5. The minimum atomic E-state index is -0.545. The molecule has 0 radical (unpaired) electrons. The summed E-state index contributed by atoms with van der Waals surface area (Å²) in [4.78, 5) is 28.4. The maximum Gasteiger partial charge on any atom is 0.238 e. The van der Waals surface area contributed by atoms with E-state index in [-0.39, 0.29) is 12.5 Å². The van der Waals surface area contributed by atoms with Crippen LogP contribution in [0.25, 0.3) is 0 Å². The van der Waals surface area contributed by atoms with Crippen LogP contribution in [-0.2, 0) is 16.6 Å². The molecule has 1 fully saturated rings. The molecule has 0 aliphatic carbocycles. The van der Waals surface area contributed by atoms with Crippen molar-refractivity contribution in [1.82, 2.24) is 14.7 Å². The number of primary amides is 1. The molecule has 9 nitrogen and oxygen atoms in total. The summed E-state index contributed by atoms with van der Waals surface area (Å²) in [7, 11) is 3.42. The van der Waals surface area contributed by atoms with E-state index >= 15 is 0 Å². The van der Waals surface area contributed by atoms with Gasteiger partial charge in [0.15, 0.2) is 0 Å². The Morgan fingerprint density at radius 2 is 2.00 bits per heavy atom. The molecular weight excluding hydrogens is 360 g/mol. The van der Waals surface area contributed by atoms with Crippen molar-refractivity contribution in [2.45, 2.75) is 13.0 Å². The van der Waals surface area contributed by atoms with Gasteiger partial charge >= 0.3 is 0 Å². The van der Waals surface area contributed by atoms with E-state index in [2.05, 4.69) is 15.3 Å². The van der Waals surface area contributed by atoms with Gasteiger partial charge in [-0.2, -0.15) is 5.10 Å². The number of nitrogens with two attached hydrogens (primary N) is 1. The monoisotopic (exact) mass is 386 g/mol. The van der Waals surface area contributed by atoms with Gasteiger partial charge in [-0.05, 0) is 31.2 Å². The number of carbonyl (C=O) groups is 2. The Hall–Kier alpha value is -3.07. The number of hydrogen-bond acceptors (Lipinski definition) is 6. The Morgan fingerprint density at radius 3 is 2.57 bits per heavy atom. The van der Waals surface area contributed by atoms with E-state index < -0.39 is 11.9 Å². The van der Waals surface area contributed by atoms with E-state index in [4.69, 9.17) is 10.5 Å². The summed E-state index contributed by atoms with van der Waals surface area (Å²) >= 11 is 0. The van der Waals surface area contributed by atoms with Gasteiger partial charge in [0.1, 0.15) is 11.8 Å². The predicted molar refractivity (Wildman–Crippen MR) is 106 cm³/mol. The van der Waals surface area contributed by atoms with Crippen molar-refractivity contribution in [1.29, 1.82) is 0 Å². The number of benzene rings is 1. The third-order valence-corrected chi connectivity index (χ3v) is 4.89. The first kappa shape index (κ1) is 19.7. The Labute approximate surface area is 164 Å². The zero-order valence-corrected chi connectivity index (χ0v) is 16.4. The van der Waals surface area contributed by atoms with Crippen LogP contribution in [-0.4, -0.2) is 65.8 Å². The Kier molecular flexibility index (Phi) is 5.84. The summed E-state index contributed by atoms with van der Waals surface area (Å²) in [6.07, 6.45) is 1.75. The number of nitrogens with zero attached hydrogens (tertiary/aromatic N) is 4. The number of piperazine rings is 1. The van der Waals surface area contributed by atoms with E-state index in [0.717, 1.165) is 17.1 Å². The standard InChI is InChI=1S/C19H26N6O3/c1-13-16(10-23(2)22-13)21-18(26)12-25-9-8-24(11-17(25)19(20)27)14-4-6-15(28-3)7-5-14/h4-7,10,17H,8-9,11-12H2,1-3H3,(H2,20,27)(H,21,26). The first-order valence-corrected chi connectivity index (χ1v) is 9.10. The highest BCUT2D eigenvalue weighted by molar-refractivity contribution is 5.93. The lowest BCUT2D eigenvalue weighted by Gasteiger charge is -2.40. The molecule has 0 spiro atoms. The molecule has 0 saturated carbocycles. The second-order valence-electron chi connectivity index (χ2n) is 6.88. The summed E-state index contributed by atoms with van der Waals surface area (Å²) in [6, 6.07) is 7.11. The number of methoxy groups -OCH3 is 1. The van der Waals surface area contributed by atoms with Crippen molar-refractivity contribution in [3.05, 3.63) is 36.2 Å². The molecule has 2 heterocycles. The van der Waals surface area contributed by atoms with Crippen LogP contribution >= 0.6 is 0 Å². The maximum atomic E-state index is 12.5. The molecule has 2 aromatic rings. The lowest BCUT2D eigenvalue weighted by Crippen LogP contribution is -2.59. The van der Waals surface area contributed by atoms with Crippen LogP contribution in [0.3, 0.4) is 0 Å². The van der Waals surface area contributed by atoms with Crippen molar-refractivity contribution in [2.24, 2.45) is 12.8 Å². The van der Waals surface area contributed by atoms with Gasteiger partial charge in [0.2, 0.25) is 11.8 Å². The SMILES string of the molecule is COc1ccc(N2CCN(CC(=O)Nc3cn(C)nc3C)C(C(N)=O)C2)cc1. The van der Waals surface area contributed by atoms with Gasteiger partial charge in [0.25, 0.3) is 0 Å². The number of ether oxygens (including phenoxy) is 1. The highest BCUT2D eigenvalue weighted by Crippen LogP contribution is 2.22. The van der Waals surface area contributed by atoms with Crippen LogP contribution in [0.4, 0.5) is 11.4 Å². The fourth-order valence-corrected chi connectivity index (χ4v) is 3.40. The number of carbonyl (C=O) groups excluding carboxylic acids is 2. The average Bonchev–Trinajstić information content (AvgIpc) is 2.98. The summed E-state index contributed by atoms with van der Waals surface area (Å²) in [5.74, 6) is 0.139. The number of rotatable bonds is 6. The summed E-state index contributed by atoms with van der Waals surface area (Å²) in [6.45, 7) is 3.60. The summed E-state index contributed by atoms with van der Waals surface area (Å²) in [5, 5.41) is 7.06. The number of amides is 2. The van der Waals surface area contributed by atoms with Gasteiger partial charge in [-0.15, -0.1) is 0 Å². The first-order valence-electron chi connectivity index (χ1n) is 9.10. The number of aromatic nitrogens is 2. The summed E-state index contributed by atoms with van der Waals surface area (Å²) in [5.41, 5.74) is 8.02. The van der Waals surface area contributed by atoms with Gasteiger partial charge in [0, 0.05) is 38.6 Å². The minimum Gasteiger partial charge on any atom is -0.497 e. The zero-order chi connectivity index (χ0) is 20.3. The normalized spacial score (nSPS) is 17.4. The third kappa shape index (κ3) is 4.42. The average molecular weight is 386 g/mol. The van der Waals surface area contributed by atoms with E-state index in [9.17, 15) is 9.59 Å². The Balaban J connectivity index is 1.64.